The van der Waals surface area contributed by atoms with Crippen LogP contribution in [0.1, 0.15) is 24.2 Å². The molecule has 0 spiro atoms. The highest BCUT2D eigenvalue weighted by molar-refractivity contribution is 9.10. The van der Waals surface area contributed by atoms with Gasteiger partial charge in [0.15, 0.2) is 0 Å². The van der Waals surface area contributed by atoms with Crippen molar-refractivity contribution in [3.8, 4) is 0 Å². The van der Waals surface area contributed by atoms with E-state index >= 15 is 0 Å². The average Bonchev–Trinajstić information content (AvgIpc) is 2.66. The summed E-state index contributed by atoms with van der Waals surface area (Å²) >= 11 is 3.51. The zero-order chi connectivity index (χ0) is 12.4. The molecule has 0 saturated carbocycles. The van der Waals surface area contributed by atoms with E-state index in [1.807, 2.05) is 18.3 Å². The molecule has 2 aromatic rings. The van der Waals surface area contributed by atoms with Crippen LogP contribution >= 0.6 is 15.9 Å². The molecule has 0 fully saturated rings. The Hall–Kier alpha value is -1.29. The van der Waals surface area contributed by atoms with E-state index in [2.05, 4.69) is 27.4 Å². The van der Waals surface area contributed by atoms with Crippen LogP contribution in [0.25, 0.3) is 10.9 Å². The van der Waals surface area contributed by atoms with Crippen molar-refractivity contribution in [2.45, 2.75) is 20.4 Å². The Morgan fingerprint density at radius 2 is 2.18 bits per heavy atom. The van der Waals surface area contributed by atoms with Crippen LogP contribution in [0.15, 0.2) is 28.9 Å². The molecule has 0 aliphatic heterocycles. The van der Waals surface area contributed by atoms with Crippen molar-refractivity contribution in [1.82, 2.24) is 4.57 Å². The van der Waals surface area contributed by atoms with Gasteiger partial charge in [0.25, 0.3) is 0 Å². The normalized spacial score (nSPS) is 10.8. The molecule has 17 heavy (non-hydrogen) atoms. The van der Waals surface area contributed by atoms with E-state index in [4.69, 9.17) is 4.74 Å². The fraction of sp³-hybridized carbons (Fsp3) is 0.308. The first-order valence-corrected chi connectivity index (χ1v) is 6.42. The van der Waals surface area contributed by atoms with Crippen LogP contribution in [0.2, 0.25) is 0 Å². The first kappa shape index (κ1) is 12.2. The van der Waals surface area contributed by atoms with Gasteiger partial charge in [-0.3, -0.25) is 0 Å². The van der Waals surface area contributed by atoms with E-state index in [0.717, 1.165) is 21.9 Å². The van der Waals surface area contributed by atoms with Gasteiger partial charge < -0.3 is 9.30 Å². The summed E-state index contributed by atoms with van der Waals surface area (Å²) in [7, 11) is 0. The lowest BCUT2D eigenvalue weighted by Gasteiger charge is -2.03. The topological polar surface area (TPSA) is 31.2 Å². The van der Waals surface area contributed by atoms with Crippen molar-refractivity contribution in [3.63, 3.8) is 0 Å². The van der Waals surface area contributed by atoms with E-state index in [1.165, 1.54) is 0 Å². The van der Waals surface area contributed by atoms with Crippen molar-refractivity contribution >= 4 is 32.8 Å². The molecule has 0 aliphatic rings. The number of ether oxygens (including phenoxy) is 1. The Labute approximate surface area is 108 Å². The molecule has 1 aromatic carbocycles. The number of esters is 1. The highest BCUT2D eigenvalue weighted by Crippen LogP contribution is 2.27. The third-order valence-corrected chi connectivity index (χ3v) is 3.32. The van der Waals surface area contributed by atoms with Crippen LogP contribution in [0.4, 0.5) is 0 Å². The first-order chi connectivity index (χ1) is 8.17. The smallest absolute Gasteiger partial charge is 0.338 e. The first-order valence-electron chi connectivity index (χ1n) is 5.62. The Kier molecular flexibility index (Phi) is 3.52. The van der Waals surface area contributed by atoms with E-state index in [-0.39, 0.29) is 5.97 Å². The third kappa shape index (κ3) is 2.22. The fourth-order valence-corrected chi connectivity index (χ4v) is 2.42. The number of halogens is 1. The Balaban J connectivity index is 2.50. The molecule has 2 rings (SSSR count). The Morgan fingerprint density at radius 1 is 1.41 bits per heavy atom. The van der Waals surface area contributed by atoms with Gasteiger partial charge in [0.1, 0.15) is 0 Å². The minimum atomic E-state index is -0.273. The van der Waals surface area contributed by atoms with Crippen molar-refractivity contribution in [2.24, 2.45) is 0 Å². The summed E-state index contributed by atoms with van der Waals surface area (Å²) in [5.74, 6) is -0.273. The van der Waals surface area contributed by atoms with Gasteiger partial charge in [0, 0.05) is 28.1 Å². The molecule has 0 N–H and O–H groups in total. The Morgan fingerprint density at radius 3 is 2.82 bits per heavy atom. The highest BCUT2D eigenvalue weighted by Gasteiger charge is 2.11. The zero-order valence-electron chi connectivity index (χ0n) is 9.87. The number of carbonyl (C=O) groups is 1. The molecule has 0 radical (unpaired) electrons. The molecule has 0 amide bonds. The lowest BCUT2D eigenvalue weighted by molar-refractivity contribution is 0.0526. The van der Waals surface area contributed by atoms with Crippen LogP contribution in [0.5, 0.6) is 0 Å². The molecule has 1 heterocycles. The molecule has 0 aliphatic carbocycles. The summed E-state index contributed by atoms with van der Waals surface area (Å²) in [6.07, 6.45) is 2.03. The van der Waals surface area contributed by atoms with Crippen LogP contribution in [-0.4, -0.2) is 17.1 Å². The molecule has 0 unspecified atom stereocenters. The van der Waals surface area contributed by atoms with Crippen molar-refractivity contribution < 1.29 is 9.53 Å². The highest BCUT2D eigenvalue weighted by atomic mass is 79.9. The summed E-state index contributed by atoms with van der Waals surface area (Å²) in [6.45, 7) is 5.19. The second-order valence-corrected chi connectivity index (χ2v) is 4.57. The second-order valence-electron chi connectivity index (χ2n) is 3.72. The third-order valence-electron chi connectivity index (χ3n) is 2.68. The van der Waals surface area contributed by atoms with Gasteiger partial charge in [-0.15, -0.1) is 0 Å². The van der Waals surface area contributed by atoms with Crippen molar-refractivity contribution in [1.29, 1.82) is 0 Å². The molecule has 0 atom stereocenters. The molecule has 0 bridgehead atoms. The zero-order valence-corrected chi connectivity index (χ0v) is 11.5. The van der Waals surface area contributed by atoms with Crippen LogP contribution in [0.3, 0.4) is 0 Å². The van der Waals surface area contributed by atoms with E-state index < -0.39 is 0 Å². The maximum atomic E-state index is 11.6. The number of aryl methyl sites for hydroxylation is 1. The molecule has 1 aromatic heterocycles. The largest absolute Gasteiger partial charge is 0.462 e. The number of fused-ring (bicyclic) bond motifs is 1. The molecule has 4 heteroatoms. The molecular weight excluding hydrogens is 282 g/mol. The predicted molar refractivity (Wildman–Crippen MR) is 71.3 cm³/mol. The lowest BCUT2D eigenvalue weighted by Crippen LogP contribution is -2.04. The second kappa shape index (κ2) is 4.92. The van der Waals surface area contributed by atoms with Gasteiger partial charge >= 0.3 is 5.97 Å². The van der Waals surface area contributed by atoms with E-state index in [9.17, 15) is 4.79 Å². The van der Waals surface area contributed by atoms with Gasteiger partial charge in [-0.1, -0.05) is 0 Å². The molecule has 0 saturated heterocycles. The number of hydrogen-bond acceptors (Lipinski definition) is 2. The number of aromatic nitrogens is 1. The summed E-state index contributed by atoms with van der Waals surface area (Å²) in [5, 5.41) is 1.04. The lowest BCUT2D eigenvalue weighted by atomic mass is 10.1. The minimum Gasteiger partial charge on any atom is -0.462 e. The van der Waals surface area contributed by atoms with Gasteiger partial charge in [-0.2, -0.15) is 0 Å². The maximum absolute atomic E-state index is 11.6. The number of rotatable bonds is 3. The van der Waals surface area contributed by atoms with Crippen molar-refractivity contribution in [3.05, 3.63) is 34.4 Å². The quantitative estimate of drug-likeness (QED) is 0.810. The van der Waals surface area contributed by atoms with Gasteiger partial charge in [-0.25, -0.2) is 4.79 Å². The van der Waals surface area contributed by atoms with Gasteiger partial charge in [-0.05, 0) is 48.0 Å². The Bertz CT molecular complexity index is 560. The summed E-state index contributed by atoms with van der Waals surface area (Å²) in [6, 6.07) is 5.62. The summed E-state index contributed by atoms with van der Waals surface area (Å²) in [5.41, 5.74) is 1.71. The van der Waals surface area contributed by atoms with Crippen LogP contribution < -0.4 is 0 Å². The number of nitrogens with zero attached hydrogens (tertiary/aromatic N) is 1. The van der Waals surface area contributed by atoms with Crippen LogP contribution in [-0.2, 0) is 11.3 Å². The van der Waals surface area contributed by atoms with Gasteiger partial charge in [0.2, 0.25) is 0 Å². The molecular formula is C13H14BrNO2. The molecule has 3 nitrogen and oxygen atoms in total. The predicted octanol–water partition coefficient (Wildman–Crippen LogP) is 3.60. The van der Waals surface area contributed by atoms with Crippen LogP contribution in [0, 0.1) is 0 Å². The van der Waals surface area contributed by atoms with E-state index in [1.54, 1.807) is 13.0 Å². The standard InChI is InChI=1S/C13H14BrNO2/c1-3-15-8-11(14)10-7-9(5-6-12(10)15)13(16)17-4-2/h5-8H,3-4H2,1-2H3. The van der Waals surface area contributed by atoms with E-state index in [0.29, 0.717) is 12.2 Å². The average molecular weight is 296 g/mol. The summed E-state index contributed by atoms with van der Waals surface area (Å²) < 4.78 is 8.12. The molecule has 90 valence electrons. The number of benzene rings is 1. The fourth-order valence-electron chi connectivity index (χ4n) is 1.86. The van der Waals surface area contributed by atoms with Gasteiger partial charge in [0.05, 0.1) is 12.2 Å². The monoisotopic (exact) mass is 295 g/mol. The summed E-state index contributed by atoms with van der Waals surface area (Å²) in [4.78, 5) is 11.6. The maximum Gasteiger partial charge on any atom is 0.338 e. The SMILES string of the molecule is CCOC(=O)c1ccc2c(c1)c(Br)cn2CC. The minimum absolute atomic E-state index is 0.273. The van der Waals surface area contributed by atoms with Crippen molar-refractivity contribution in [2.75, 3.05) is 6.61 Å². The number of hydrogen-bond donors (Lipinski definition) is 0. The number of carbonyl (C=O) groups excluding carboxylic acids is 1.